The minimum Gasteiger partial charge on any atom is -0.379 e. The number of rotatable bonds is 5. The van der Waals surface area contributed by atoms with E-state index in [-0.39, 0.29) is 24.7 Å². The van der Waals surface area contributed by atoms with Gasteiger partial charge in [-0.15, -0.1) is 0 Å². The zero-order valence-electron chi connectivity index (χ0n) is 14.5. The fourth-order valence-electron chi connectivity index (χ4n) is 2.45. The Morgan fingerprint density at radius 3 is 2.73 bits per heavy atom. The highest BCUT2D eigenvalue weighted by atomic mass is 19.4. The van der Waals surface area contributed by atoms with Crippen molar-refractivity contribution in [1.82, 2.24) is 10.2 Å². The summed E-state index contributed by atoms with van der Waals surface area (Å²) in [5, 5.41) is 2.64. The lowest BCUT2D eigenvalue weighted by molar-refractivity contribution is -0.139. The number of nitrogens with zero attached hydrogens (tertiary/aromatic N) is 1. The van der Waals surface area contributed by atoms with E-state index in [1.54, 1.807) is 14.1 Å². The van der Waals surface area contributed by atoms with Crippen molar-refractivity contribution < 1.29 is 32.2 Å². The largest absolute Gasteiger partial charge is 0.416 e. The molecule has 2 atom stereocenters. The number of carbonyl (C=O) groups excluding carboxylic acids is 2. The van der Waals surface area contributed by atoms with E-state index in [1.807, 2.05) is 0 Å². The lowest BCUT2D eigenvalue weighted by Gasteiger charge is -2.32. The predicted molar refractivity (Wildman–Crippen MR) is 86.6 cm³/mol. The van der Waals surface area contributed by atoms with Crippen LogP contribution in [0.4, 0.5) is 13.2 Å². The summed E-state index contributed by atoms with van der Waals surface area (Å²) in [6.45, 7) is 0.426. The standard InChI is InChI=1S/C17H21F3N2O4/c1-22(2)15(23)10-26-14-6-7-25-9-13(14)21-16(24)11-4-3-5-12(8-11)17(18,19)20/h3-5,8,13-14H,6-7,9-10H2,1-2H3,(H,21,24)/t13-,14+/m0/s1. The SMILES string of the molecule is CN(C)C(=O)CO[C@@H]1CCOC[C@@H]1NC(=O)c1cccc(C(F)(F)F)c1. The van der Waals surface area contributed by atoms with E-state index >= 15 is 0 Å². The van der Waals surface area contributed by atoms with E-state index in [2.05, 4.69) is 5.32 Å². The fraction of sp³-hybridized carbons (Fsp3) is 0.529. The summed E-state index contributed by atoms with van der Waals surface area (Å²) in [7, 11) is 3.20. The van der Waals surface area contributed by atoms with E-state index in [0.29, 0.717) is 13.0 Å². The zero-order valence-corrected chi connectivity index (χ0v) is 14.5. The molecule has 2 rings (SSSR count). The summed E-state index contributed by atoms with van der Waals surface area (Å²) in [5.74, 6) is -0.876. The summed E-state index contributed by atoms with van der Waals surface area (Å²) in [5.41, 5.74) is -0.997. The second-order valence-electron chi connectivity index (χ2n) is 6.16. The average molecular weight is 374 g/mol. The summed E-state index contributed by atoms with van der Waals surface area (Å²) in [6, 6.07) is 3.63. The average Bonchev–Trinajstić information content (AvgIpc) is 2.60. The van der Waals surface area contributed by atoms with Crippen LogP contribution in [0.1, 0.15) is 22.3 Å². The van der Waals surface area contributed by atoms with Crippen molar-refractivity contribution in [3.63, 3.8) is 0 Å². The van der Waals surface area contributed by atoms with Gasteiger partial charge in [0.05, 0.1) is 24.3 Å². The third-order valence-corrected chi connectivity index (χ3v) is 3.98. The van der Waals surface area contributed by atoms with Crippen molar-refractivity contribution in [1.29, 1.82) is 0 Å². The Bertz CT molecular complexity index is 649. The van der Waals surface area contributed by atoms with Crippen molar-refractivity contribution in [2.75, 3.05) is 33.9 Å². The van der Waals surface area contributed by atoms with Crippen molar-refractivity contribution in [2.24, 2.45) is 0 Å². The van der Waals surface area contributed by atoms with Crippen LogP contribution in [0.3, 0.4) is 0 Å². The molecule has 26 heavy (non-hydrogen) atoms. The molecule has 0 aromatic heterocycles. The van der Waals surface area contributed by atoms with Gasteiger partial charge in [-0.2, -0.15) is 13.2 Å². The Kier molecular flexibility index (Phi) is 6.60. The molecule has 2 amide bonds. The minimum atomic E-state index is -4.53. The Hall–Kier alpha value is -2.13. The number of halogens is 3. The number of amides is 2. The Labute approximate surface area is 149 Å². The molecule has 0 radical (unpaired) electrons. The van der Waals surface area contributed by atoms with Crippen LogP contribution in [0.25, 0.3) is 0 Å². The van der Waals surface area contributed by atoms with E-state index in [9.17, 15) is 22.8 Å². The van der Waals surface area contributed by atoms with Gasteiger partial charge in [-0.1, -0.05) is 6.07 Å². The van der Waals surface area contributed by atoms with Gasteiger partial charge >= 0.3 is 6.18 Å². The van der Waals surface area contributed by atoms with E-state index in [4.69, 9.17) is 9.47 Å². The van der Waals surface area contributed by atoms with Crippen LogP contribution in [0.5, 0.6) is 0 Å². The molecule has 0 spiro atoms. The third-order valence-electron chi connectivity index (χ3n) is 3.98. The highest BCUT2D eigenvalue weighted by molar-refractivity contribution is 5.94. The van der Waals surface area contributed by atoms with Crippen LogP contribution in [0.2, 0.25) is 0 Å². The molecule has 9 heteroatoms. The molecule has 1 aromatic rings. The minimum absolute atomic E-state index is 0.103. The second-order valence-corrected chi connectivity index (χ2v) is 6.16. The molecule has 6 nitrogen and oxygen atoms in total. The van der Waals surface area contributed by atoms with E-state index in [1.165, 1.54) is 17.0 Å². The van der Waals surface area contributed by atoms with Gasteiger partial charge in [0.25, 0.3) is 5.91 Å². The van der Waals surface area contributed by atoms with Crippen LogP contribution in [-0.2, 0) is 20.4 Å². The molecule has 1 fully saturated rings. The van der Waals surface area contributed by atoms with Crippen LogP contribution in [-0.4, -0.2) is 62.8 Å². The number of likely N-dealkylation sites (N-methyl/N-ethyl adjacent to an activating group) is 1. The van der Waals surface area contributed by atoms with E-state index < -0.39 is 29.8 Å². The number of nitrogens with one attached hydrogen (secondary N) is 1. The van der Waals surface area contributed by atoms with Gasteiger partial charge < -0.3 is 19.7 Å². The molecule has 1 aliphatic heterocycles. The molecule has 1 heterocycles. The first-order valence-electron chi connectivity index (χ1n) is 8.06. The first-order valence-corrected chi connectivity index (χ1v) is 8.06. The lowest BCUT2D eigenvalue weighted by atomic mass is 10.0. The predicted octanol–water partition coefficient (Wildman–Crippen LogP) is 1.70. The third kappa shape index (κ3) is 5.43. The molecule has 0 aliphatic carbocycles. The Morgan fingerprint density at radius 2 is 2.08 bits per heavy atom. The molecule has 0 unspecified atom stereocenters. The molecule has 144 valence electrons. The first kappa shape index (κ1) is 20.2. The van der Waals surface area contributed by atoms with Crippen LogP contribution in [0, 0.1) is 0 Å². The van der Waals surface area contributed by atoms with Gasteiger partial charge in [0.15, 0.2) is 0 Å². The van der Waals surface area contributed by atoms with Crippen LogP contribution >= 0.6 is 0 Å². The maximum Gasteiger partial charge on any atom is 0.416 e. The van der Waals surface area contributed by atoms with Gasteiger partial charge in [-0.25, -0.2) is 0 Å². The molecule has 0 bridgehead atoms. The topological polar surface area (TPSA) is 67.9 Å². The molecular formula is C17H21F3N2O4. The van der Waals surface area contributed by atoms with Gasteiger partial charge in [0, 0.05) is 26.3 Å². The molecule has 1 saturated heterocycles. The van der Waals surface area contributed by atoms with Crippen molar-refractivity contribution in [3.8, 4) is 0 Å². The number of benzene rings is 1. The molecule has 0 saturated carbocycles. The highest BCUT2D eigenvalue weighted by Gasteiger charge is 2.32. The van der Waals surface area contributed by atoms with Crippen LogP contribution in [0.15, 0.2) is 24.3 Å². The number of hydrogen-bond acceptors (Lipinski definition) is 4. The Balaban J connectivity index is 2.02. The lowest BCUT2D eigenvalue weighted by Crippen LogP contribution is -2.51. The molecule has 1 aliphatic rings. The van der Waals surface area contributed by atoms with Crippen molar-refractivity contribution in [2.45, 2.75) is 24.7 Å². The van der Waals surface area contributed by atoms with Gasteiger partial charge in [0.2, 0.25) is 5.91 Å². The van der Waals surface area contributed by atoms with Gasteiger partial charge in [-0.3, -0.25) is 9.59 Å². The Morgan fingerprint density at radius 1 is 1.35 bits per heavy atom. The quantitative estimate of drug-likeness (QED) is 0.852. The number of hydrogen-bond donors (Lipinski definition) is 1. The van der Waals surface area contributed by atoms with Gasteiger partial charge in [-0.05, 0) is 24.6 Å². The molecule has 1 N–H and O–H groups in total. The normalized spacial score (nSPS) is 20.5. The number of ether oxygens (including phenoxy) is 2. The highest BCUT2D eigenvalue weighted by Crippen LogP contribution is 2.29. The van der Waals surface area contributed by atoms with Crippen molar-refractivity contribution >= 4 is 11.8 Å². The van der Waals surface area contributed by atoms with E-state index in [0.717, 1.165) is 12.1 Å². The second kappa shape index (κ2) is 8.50. The fourth-order valence-corrected chi connectivity index (χ4v) is 2.45. The molecule has 1 aromatic carbocycles. The number of alkyl halides is 3. The maximum atomic E-state index is 12.8. The van der Waals surface area contributed by atoms with Crippen LogP contribution < -0.4 is 5.32 Å². The van der Waals surface area contributed by atoms with Gasteiger partial charge in [0.1, 0.15) is 6.61 Å². The summed E-state index contributed by atoms with van der Waals surface area (Å²) in [6.07, 6.45) is -4.51. The number of carbonyl (C=O) groups is 2. The maximum absolute atomic E-state index is 12.8. The summed E-state index contributed by atoms with van der Waals surface area (Å²) >= 11 is 0. The monoisotopic (exact) mass is 374 g/mol. The summed E-state index contributed by atoms with van der Waals surface area (Å²) in [4.78, 5) is 25.3. The van der Waals surface area contributed by atoms with Crippen molar-refractivity contribution in [3.05, 3.63) is 35.4 Å². The smallest absolute Gasteiger partial charge is 0.379 e. The zero-order chi connectivity index (χ0) is 19.3. The summed E-state index contributed by atoms with van der Waals surface area (Å²) < 4.78 is 49.2. The first-order chi connectivity index (χ1) is 12.2. The molecular weight excluding hydrogens is 353 g/mol.